The SMILES string of the molecule is COc1ccccc1CNC[C@@H]1CCCN(C2CC2)[C@H]1c1ccnn1C. The molecule has 5 nitrogen and oxygen atoms in total. The van der Waals surface area contributed by atoms with Crippen molar-refractivity contribution in [1.29, 1.82) is 0 Å². The van der Waals surface area contributed by atoms with Crippen molar-refractivity contribution in [2.45, 2.75) is 44.3 Å². The Kier molecular flexibility index (Phi) is 5.27. The Morgan fingerprint density at radius 3 is 2.77 bits per heavy atom. The summed E-state index contributed by atoms with van der Waals surface area (Å²) in [6.07, 6.45) is 7.23. The molecule has 1 aromatic heterocycles. The van der Waals surface area contributed by atoms with Crippen LogP contribution in [0, 0.1) is 5.92 Å². The molecular weight excluding hydrogens is 324 g/mol. The summed E-state index contributed by atoms with van der Waals surface area (Å²) < 4.78 is 7.55. The lowest BCUT2D eigenvalue weighted by molar-refractivity contribution is 0.0777. The lowest BCUT2D eigenvalue weighted by atomic mass is 9.86. The van der Waals surface area contributed by atoms with Crippen molar-refractivity contribution in [3.8, 4) is 5.75 Å². The highest BCUT2D eigenvalue weighted by atomic mass is 16.5. The summed E-state index contributed by atoms with van der Waals surface area (Å²) in [6.45, 7) is 3.10. The standard InChI is InChI=1S/C21H30N4O/c1-24-19(11-12-23-24)21-17(7-5-13-25(21)18-9-10-18)15-22-14-16-6-3-4-8-20(16)26-2/h3-4,6,8,11-12,17-18,21-22H,5,7,9-10,13-15H2,1-2H3/t17-,21+/m0/s1. The van der Waals surface area contributed by atoms with E-state index in [2.05, 4.69) is 45.2 Å². The van der Waals surface area contributed by atoms with Gasteiger partial charge in [-0.15, -0.1) is 0 Å². The van der Waals surface area contributed by atoms with Crippen molar-refractivity contribution in [2.24, 2.45) is 13.0 Å². The Bertz CT molecular complexity index is 724. The summed E-state index contributed by atoms with van der Waals surface area (Å²) >= 11 is 0. The maximum atomic E-state index is 5.48. The maximum Gasteiger partial charge on any atom is 0.123 e. The minimum Gasteiger partial charge on any atom is -0.496 e. The number of hydrogen-bond donors (Lipinski definition) is 1. The zero-order valence-corrected chi connectivity index (χ0v) is 15.9. The number of aryl methyl sites for hydroxylation is 1. The Morgan fingerprint density at radius 1 is 1.19 bits per heavy atom. The average Bonchev–Trinajstić information content (AvgIpc) is 3.43. The van der Waals surface area contributed by atoms with Crippen LogP contribution in [0.15, 0.2) is 36.5 Å². The van der Waals surface area contributed by atoms with Crippen LogP contribution in [0.25, 0.3) is 0 Å². The quantitative estimate of drug-likeness (QED) is 0.829. The van der Waals surface area contributed by atoms with Crippen LogP contribution in [0.1, 0.15) is 43.0 Å². The molecule has 1 aromatic carbocycles. The number of nitrogens with zero attached hydrogens (tertiary/aromatic N) is 3. The third kappa shape index (κ3) is 3.64. The second-order valence-corrected chi connectivity index (χ2v) is 7.64. The molecular formula is C21H30N4O. The fourth-order valence-corrected chi connectivity index (χ4v) is 4.46. The normalized spacial score (nSPS) is 23.9. The van der Waals surface area contributed by atoms with Gasteiger partial charge in [-0.25, -0.2) is 0 Å². The maximum absolute atomic E-state index is 5.48. The fraction of sp³-hybridized carbons (Fsp3) is 0.571. The molecule has 1 aliphatic heterocycles. The van der Waals surface area contributed by atoms with E-state index in [9.17, 15) is 0 Å². The molecule has 2 heterocycles. The van der Waals surface area contributed by atoms with E-state index in [1.165, 1.54) is 43.5 Å². The first-order valence-corrected chi connectivity index (χ1v) is 9.84. The summed E-state index contributed by atoms with van der Waals surface area (Å²) in [7, 11) is 3.82. The topological polar surface area (TPSA) is 42.3 Å². The van der Waals surface area contributed by atoms with Crippen LogP contribution >= 0.6 is 0 Å². The number of methoxy groups -OCH3 is 1. The van der Waals surface area contributed by atoms with Gasteiger partial charge >= 0.3 is 0 Å². The molecule has 0 spiro atoms. The number of likely N-dealkylation sites (tertiary alicyclic amines) is 1. The van der Waals surface area contributed by atoms with E-state index in [1.54, 1.807) is 7.11 Å². The van der Waals surface area contributed by atoms with E-state index in [-0.39, 0.29) is 0 Å². The van der Waals surface area contributed by atoms with Crippen LogP contribution in [0.3, 0.4) is 0 Å². The van der Waals surface area contributed by atoms with Gasteiger partial charge in [0.2, 0.25) is 0 Å². The van der Waals surface area contributed by atoms with E-state index in [1.807, 2.05) is 18.3 Å². The van der Waals surface area contributed by atoms with Crippen molar-refractivity contribution < 1.29 is 4.74 Å². The zero-order valence-electron chi connectivity index (χ0n) is 15.9. The van der Waals surface area contributed by atoms with Crippen molar-refractivity contribution in [3.05, 3.63) is 47.8 Å². The van der Waals surface area contributed by atoms with Crippen molar-refractivity contribution >= 4 is 0 Å². The van der Waals surface area contributed by atoms with Crippen LogP contribution in [-0.4, -0.2) is 40.9 Å². The molecule has 2 aliphatic rings. The highest BCUT2D eigenvalue weighted by Crippen LogP contribution is 2.42. The van der Waals surface area contributed by atoms with E-state index in [0.717, 1.165) is 24.9 Å². The monoisotopic (exact) mass is 354 g/mol. The van der Waals surface area contributed by atoms with E-state index < -0.39 is 0 Å². The van der Waals surface area contributed by atoms with Crippen LogP contribution in [0.2, 0.25) is 0 Å². The van der Waals surface area contributed by atoms with Crippen molar-refractivity contribution in [1.82, 2.24) is 20.0 Å². The highest BCUT2D eigenvalue weighted by Gasteiger charge is 2.41. The molecule has 0 unspecified atom stereocenters. The molecule has 140 valence electrons. The fourth-order valence-electron chi connectivity index (χ4n) is 4.46. The Balaban J connectivity index is 1.46. The van der Waals surface area contributed by atoms with Crippen LogP contribution in [-0.2, 0) is 13.6 Å². The summed E-state index contributed by atoms with van der Waals surface area (Å²) in [5.74, 6) is 1.58. The molecule has 5 heteroatoms. The largest absolute Gasteiger partial charge is 0.496 e. The van der Waals surface area contributed by atoms with Gasteiger partial charge in [-0.1, -0.05) is 18.2 Å². The molecule has 26 heavy (non-hydrogen) atoms. The third-order valence-corrected chi connectivity index (χ3v) is 5.89. The molecule has 1 saturated heterocycles. The molecule has 1 N–H and O–H groups in total. The minimum atomic E-state index is 0.480. The van der Waals surface area contributed by atoms with E-state index >= 15 is 0 Å². The van der Waals surface area contributed by atoms with Crippen LogP contribution in [0.5, 0.6) is 5.75 Å². The number of para-hydroxylation sites is 1. The number of aromatic nitrogens is 2. The summed E-state index contributed by atoms with van der Waals surface area (Å²) in [6, 6.07) is 11.7. The molecule has 2 fully saturated rings. The summed E-state index contributed by atoms with van der Waals surface area (Å²) in [4.78, 5) is 2.75. The van der Waals surface area contributed by atoms with Gasteiger partial charge in [0.15, 0.2) is 0 Å². The first kappa shape index (κ1) is 17.6. The zero-order chi connectivity index (χ0) is 17.9. The second-order valence-electron chi connectivity index (χ2n) is 7.64. The predicted octanol–water partition coefficient (Wildman–Crippen LogP) is 3.13. The van der Waals surface area contributed by atoms with Gasteiger partial charge in [-0.2, -0.15) is 5.10 Å². The molecule has 0 amide bonds. The first-order valence-electron chi connectivity index (χ1n) is 9.84. The smallest absolute Gasteiger partial charge is 0.123 e. The summed E-state index contributed by atoms with van der Waals surface area (Å²) in [5.41, 5.74) is 2.59. The summed E-state index contributed by atoms with van der Waals surface area (Å²) in [5, 5.41) is 8.15. The second kappa shape index (κ2) is 7.80. The van der Waals surface area contributed by atoms with Crippen LogP contribution < -0.4 is 10.1 Å². The number of hydrogen-bond acceptors (Lipinski definition) is 4. The van der Waals surface area contributed by atoms with E-state index in [4.69, 9.17) is 4.74 Å². The minimum absolute atomic E-state index is 0.480. The van der Waals surface area contributed by atoms with Crippen molar-refractivity contribution in [2.75, 3.05) is 20.2 Å². The molecule has 2 aromatic rings. The number of nitrogens with one attached hydrogen (secondary N) is 1. The Labute approximate surface area is 156 Å². The Morgan fingerprint density at radius 2 is 2.04 bits per heavy atom. The third-order valence-electron chi connectivity index (χ3n) is 5.89. The lowest BCUT2D eigenvalue weighted by Crippen LogP contribution is -2.44. The molecule has 1 saturated carbocycles. The molecule has 1 aliphatic carbocycles. The van der Waals surface area contributed by atoms with Gasteiger partial charge in [0.05, 0.1) is 18.8 Å². The van der Waals surface area contributed by atoms with Gasteiger partial charge in [0.25, 0.3) is 0 Å². The molecule has 4 rings (SSSR count). The average molecular weight is 354 g/mol. The Hall–Kier alpha value is -1.85. The number of piperidine rings is 1. The van der Waals surface area contributed by atoms with Gasteiger partial charge < -0.3 is 10.1 Å². The molecule has 0 radical (unpaired) electrons. The van der Waals surface area contributed by atoms with Gasteiger partial charge in [-0.05, 0) is 50.3 Å². The number of ether oxygens (including phenoxy) is 1. The number of rotatable bonds is 7. The van der Waals surface area contributed by atoms with Crippen LogP contribution in [0.4, 0.5) is 0 Å². The van der Waals surface area contributed by atoms with Gasteiger partial charge in [0, 0.05) is 37.9 Å². The highest BCUT2D eigenvalue weighted by molar-refractivity contribution is 5.33. The number of benzene rings is 1. The molecule has 0 bridgehead atoms. The van der Waals surface area contributed by atoms with Gasteiger partial charge in [-0.3, -0.25) is 9.58 Å². The van der Waals surface area contributed by atoms with Crippen molar-refractivity contribution in [3.63, 3.8) is 0 Å². The first-order chi connectivity index (χ1) is 12.8. The predicted molar refractivity (Wildman–Crippen MR) is 103 cm³/mol. The molecule has 2 atom stereocenters. The lowest BCUT2D eigenvalue weighted by Gasteiger charge is -2.42. The van der Waals surface area contributed by atoms with Gasteiger partial charge in [0.1, 0.15) is 5.75 Å². The van der Waals surface area contributed by atoms with E-state index in [0.29, 0.717) is 12.0 Å².